The highest BCUT2D eigenvalue weighted by Gasteiger charge is 2.37. The van der Waals surface area contributed by atoms with Crippen molar-refractivity contribution >= 4 is 23.4 Å². The number of anilines is 3. The molecule has 1 saturated heterocycles. The lowest BCUT2D eigenvalue weighted by atomic mass is 10.1. The van der Waals surface area contributed by atoms with Crippen molar-refractivity contribution in [3.63, 3.8) is 0 Å². The number of hydrogen-bond donors (Lipinski definition) is 1. The molecule has 0 aliphatic carbocycles. The highest BCUT2D eigenvalue weighted by Crippen LogP contribution is 2.35. The predicted molar refractivity (Wildman–Crippen MR) is 124 cm³/mol. The van der Waals surface area contributed by atoms with Crippen molar-refractivity contribution in [3.8, 4) is 16.9 Å². The maximum atomic E-state index is 13.6. The van der Waals surface area contributed by atoms with Crippen molar-refractivity contribution in [1.29, 1.82) is 0 Å². The second kappa shape index (κ2) is 8.45. The summed E-state index contributed by atoms with van der Waals surface area (Å²) in [7, 11) is 1.65. The summed E-state index contributed by atoms with van der Waals surface area (Å²) < 4.78 is 5.26. The summed E-state index contributed by atoms with van der Waals surface area (Å²) >= 11 is 0. The summed E-state index contributed by atoms with van der Waals surface area (Å²) in [5.74, 6) is 1.99. The third-order valence-corrected chi connectivity index (χ3v) is 6.08. The van der Waals surface area contributed by atoms with E-state index in [9.17, 15) is 4.79 Å². The Morgan fingerprint density at radius 2 is 2.00 bits per heavy atom. The molecule has 1 atom stereocenters. The average Bonchev–Trinajstić information content (AvgIpc) is 3.26. The molecule has 2 aliphatic heterocycles. The van der Waals surface area contributed by atoms with Crippen LogP contribution in [0.1, 0.15) is 30.1 Å². The Balaban J connectivity index is 1.53. The largest absolute Gasteiger partial charge is 0.497 e. The Kier molecular flexibility index (Phi) is 5.34. The number of amides is 1. The third-order valence-electron chi connectivity index (χ3n) is 6.08. The van der Waals surface area contributed by atoms with E-state index >= 15 is 0 Å². The van der Waals surface area contributed by atoms with Crippen LogP contribution in [0.3, 0.4) is 0 Å². The molecule has 0 spiro atoms. The van der Waals surface area contributed by atoms with Crippen LogP contribution in [0, 0.1) is 0 Å². The number of methoxy groups -OCH3 is 1. The first-order valence-corrected chi connectivity index (χ1v) is 11.0. The standard InChI is InChI=1S/C24H26N6O2/c1-3-26-24-27-14-21-22(28-24)29-10-4-5-18(29)15-30(23(21)31)19-11-17(12-25-13-19)16-6-8-20(32-2)9-7-16/h6-9,11-14,18H,3-5,10,15H2,1-2H3,(H,26,27,28). The average molecular weight is 431 g/mol. The summed E-state index contributed by atoms with van der Waals surface area (Å²) in [5.41, 5.74) is 3.28. The monoisotopic (exact) mass is 430 g/mol. The summed E-state index contributed by atoms with van der Waals surface area (Å²) in [5, 5.41) is 3.16. The summed E-state index contributed by atoms with van der Waals surface area (Å²) in [6, 6.07) is 10.1. The fraction of sp³-hybridized carbons (Fsp3) is 0.333. The van der Waals surface area contributed by atoms with Crippen molar-refractivity contribution < 1.29 is 9.53 Å². The van der Waals surface area contributed by atoms with Gasteiger partial charge in [-0.25, -0.2) is 4.98 Å². The van der Waals surface area contributed by atoms with Crippen molar-refractivity contribution in [2.24, 2.45) is 0 Å². The first-order chi connectivity index (χ1) is 15.7. The molecular weight excluding hydrogens is 404 g/mol. The van der Waals surface area contributed by atoms with Gasteiger partial charge < -0.3 is 19.9 Å². The lowest BCUT2D eigenvalue weighted by Crippen LogP contribution is -2.39. The molecule has 0 saturated carbocycles. The van der Waals surface area contributed by atoms with Gasteiger partial charge in [-0.15, -0.1) is 0 Å². The molecule has 1 amide bonds. The molecule has 8 nitrogen and oxygen atoms in total. The van der Waals surface area contributed by atoms with Crippen molar-refractivity contribution in [2.75, 3.05) is 41.9 Å². The molecule has 0 radical (unpaired) electrons. The molecule has 2 aliphatic rings. The lowest BCUT2D eigenvalue weighted by molar-refractivity contribution is 0.0988. The quantitative estimate of drug-likeness (QED) is 0.662. The van der Waals surface area contributed by atoms with Crippen LogP contribution in [0.15, 0.2) is 48.9 Å². The molecule has 2 aromatic heterocycles. The number of pyridine rings is 1. The summed E-state index contributed by atoms with van der Waals surface area (Å²) in [4.78, 5) is 31.2. The first-order valence-electron chi connectivity index (χ1n) is 11.0. The Morgan fingerprint density at radius 1 is 1.16 bits per heavy atom. The zero-order valence-electron chi connectivity index (χ0n) is 18.3. The SMILES string of the molecule is CCNc1ncc2c(n1)N1CCCC1CN(c1cncc(-c3ccc(OC)cc3)c1)C2=O. The number of carbonyl (C=O) groups is 1. The van der Waals surface area contributed by atoms with Gasteiger partial charge in [0.05, 0.1) is 19.0 Å². The van der Waals surface area contributed by atoms with Gasteiger partial charge in [0, 0.05) is 43.6 Å². The number of rotatable bonds is 5. The molecule has 1 N–H and O–H groups in total. The zero-order valence-corrected chi connectivity index (χ0v) is 18.3. The number of benzene rings is 1. The van der Waals surface area contributed by atoms with Gasteiger partial charge in [-0.2, -0.15) is 4.98 Å². The summed E-state index contributed by atoms with van der Waals surface area (Å²) in [6.07, 6.45) is 7.32. The van der Waals surface area contributed by atoms with Crippen LogP contribution in [0.2, 0.25) is 0 Å². The molecule has 32 heavy (non-hydrogen) atoms. The van der Waals surface area contributed by atoms with E-state index in [1.54, 1.807) is 19.5 Å². The number of ether oxygens (including phenoxy) is 1. The number of hydrogen-bond acceptors (Lipinski definition) is 7. The topological polar surface area (TPSA) is 83.5 Å². The van der Waals surface area contributed by atoms with E-state index in [4.69, 9.17) is 9.72 Å². The number of carbonyl (C=O) groups excluding carboxylic acids is 1. The first kappa shape index (κ1) is 20.2. The van der Waals surface area contributed by atoms with Crippen LogP contribution < -0.4 is 19.9 Å². The van der Waals surface area contributed by atoms with Crippen LogP contribution in [0.5, 0.6) is 5.75 Å². The number of fused-ring (bicyclic) bond motifs is 3. The second-order valence-electron chi connectivity index (χ2n) is 8.03. The van der Waals surface area contributed by atoms with E-state index in [-0.39, 0.29) is 11.9 Å². The molecule has 164 valence electrons. The van der Waals surface area contributed by atoms with Gasteiger partial charge in [0.25, 0.3) is 5.91 Å². The number of nitrogens with zero attached hydrogens (tertiary/aromatic N) is 5. The van der Waals surface area contributed by atoms with Gasteiger partial charge in [-0.1, -0.05) is 12.1 Å². The van der Waals surface area contributed by atoms with E-state index in [1.165, 1.54) is 0 Å². The van der Waals surface area contributed by atoms with Crippen LogP contribution in [-0.2, 0) is 0 Å². The van der Waals surface area contributed by atoms with Crippen molar-refractivity contribution in [2.45, 2.75) is 25.8 Å². The second-order valence-corrected chi connectivity index (χ2v) is 8.03. The van der Waals surface area contributed by atoms with Crippen LogP contribution in [-0.4, -0.2) is 53.6 Å². The van der Waals surface area contributed by atoms with Crippen molar-refractivity contribution in [1.82, 2.24) is 15.0 Å². The van der Waals surface area contributed by atoms with E-state index in [0.717, 1.165) is 54.3 Å². The van der Waals surface area contributed by atoms with Crippen LogP contribution in [0.4, 0.5) is 17.5 Å². The molecular formula is C24H26N6O2. The maximum absolute atomic E-state index is 13.6. The fourth-order valence-corrected chi connectivity index (χ4v) is 4.47. The Morgan fingerprint density at radius 3 is 2.78 bits per heavy atom. The van der Waals surface area contributed by atoms with Crippen LogP contribution >= 0.6 is 0 Å². The van der Waals surface area contributed by atoms with E-state index < -0.39 is 0 Å². The van der Waals surface area contributed by atoms with Crippen LogP contribution in [0.25, 0.3) is 11.1 Å². The van der Waals surface area contributed by atoms with Gasteiger partial charge in [0.15, 0.2) is 0 Å². The highest BCUT2D eigenvalue weighted by atomic mass is 16.5. The minimum absolute atomic E-state index is 0.0915. The number of aromatic nitrogens is 3. The normalized spacial score (nSPS) is 17.6. The molecule has 3 aromatic rings. The zero-order chi connectivity index (χ0) is 22.1. The molecule has 1 aromatic carbocycles. The van der Waals surface area contributed by atoms with Gasteiger partial charge >= 0.3 is 0 Å². The number of nitrogens with one attached hydrogen (secondary N) is 1. The minimum Gasteiger partial charge on any atom is -0.497 e. The Bertz CT molecular complexity index is 1130. The molecule has 8 heteroatoms. The fourth-order valence-electron chi connectivity index (χ4n) is 4.47. The molecule has 0 bridgehead atoms. The highest BCUT2D eigenvalue weighted by molar-refractivity contribution is 6.10. The maximum Gasteiger partial charge on any atom is 0.263 e. The lowest BCUT2D eigenvalue weighted by Gasteiger charge is -2.27. The Labute approximate surface area is 187 Å². The Hall–Kier alpha value is -3.68. The molecule has 5 rings (SSSR count). The van der Waals surface area contributed by atoms with Gasteiger partial charge in [0.2, 0.25) is 5.95 Å². The molecule has 1 fully saturated rings. The third kappa shape index (κ3) is 3.62. The van der Waals surface area contributed by atoms with Gasteiger partial charge in [0.1, 0.15) is 17.1 Å². The predicted octanol–water partition coefficient (Wildman–Crippen LogP) is 3.61. The minimum atomic E-state index is -0.0915. The molecule has 4 heterocycles. The molecule has 1 unspecified atom stereocenters. The van der Waals surface area contributed by atoms with Crippen molar-refractivity contribution in [3.05, 3.63) is 54.5 Å². The summed E-state index contributed by atoms with van der Waals surface area (Å²) in [6.45, 7) is 4.22. The smallest absolute Gasteiger partial charge is 0.263 e. The van der Waals surface area contributed by atoms with Gasteiger partial charge in [-0.3, -0.25) is 9.78 Å². The van der Waals surface area contributed by atoms with E-state index in [2.05, 4.69) is 20.2 Å². The van der Waals surface area contributed by atoms with E-state index in [1.807, 2.05) is 48.4 Å². The van der Waals surface area contributed by atoms with E-state index in [0.29, 0.717) is 18.1 Å². The van der Waals surface area contributed by atoms with Gasteiger partial charge in [-0.05, 0) is 43.5 Å².